The summed E-state index contributed by atoms with van der Waals surface area (Å²) in [6.07, 6.45) is 3.45. The molecular weight excluding hydrogens is 284 g/mol. The van der Waals surface area contributed by atoms with Crippen LogP contribution < -0.4 is 10.2 Å². The fraction of sp³-hybridized carbons (Fsp3) is 0.250. The van der Waals surface area contributed by atoms with Crippen molar-refractivity contribution in [2.45, 2.75) is 13.0 Å². The molecular formula is C20H25N2O+. The third-order valence-corrected chi connectivity index (χ3v) is 3.64. The Balaban J connectivity index is 2.04. The lowest BCUT2D eigenvalue weighted by Crippen LogP contribution is -3.06. The molecule has 0 heterocycles. The molecule has 2 rings (SSSR count). The number of hydrogen-bond donors (Lipinski definition) is 2. The van der Waals surface area contributed by atoms with Gasteiger partial charge in [-0.15, -0.1) is 0 Å². The molecule has 0 aliphatic heterocycles. The molecule has 2 aromatic rings. The largest absolute Gasteiger partial charge is 0.340 e. The number of carbonyl (C=O) groups excluding carboxylic acids is 1. The fourth-order valence-electron chi connectivity index (χ4n) is 2.42. The van der Waals surface area contributed by atoms with Crippen molar-refractivity contribution in [1.29, 1.82) is 0 Å². The molecule has 0 saturated carbocycles. The van der Waals surface area contributed by atoms with E-state index >= 15 is 0 Å². The number of rotatable bonds is 6. The summed E-state index contributed by atoms with van der Waals surface area (Å²) < 4.78 is 0. The quantitative estimate of drug-likeness (QED) is 0.786. The zero-order valence-electron chi connectivity index (χ0n) is 14.0. The Labute approximate surface area is 138 Å². The maximum absolute atomic E-state index is 12.2. The van der Waals surface area contributed by atoms with Gasteiger partial charge in [0.15, 0.2) is 0 Å². The summed E-state index contributed by atoms with van der Waals surface area (Å²) in [5.41, 5.74) is 3.37. The van der Waals surface area contributed by atoms with Crippen LogP contribution >= 0.6 is 0 Å². The van der Waals surface area contributed by atoms with E-state index in [1.54, 1.807) is 6.08 Å². The van der Waals surface area contributed by atoms with Gasteiger partial charge >= 0.3 is 0 Å². The number of aryl methyl sites for hydroxylation is 1. The van der Waals surface area contributed by atoms with E-state index in [9.17, 15) is 4.79 Å². The molecule has 23 heavy (non-hydrogen) atoms. The van der Waals surface area contributed by atoms with Crippen LogP contribution in [-0.2, 0) is 4.79 Å². The Morgan fingerprint density at radius 2 is 1.74 bits per heavy atom. The molecule has 2 aromatic carbocycles. The molecule has 120 valence electrons. The lowest BCUT2D eigenvalue weighted by Gasteiger charge is -2.20. The van der Waals surface area contributed by atoms with E-state index in [4.69, 9.17) is 0 Å². The van der Waals surface area contributed by atoms with Crippen LogP contribution in [0.25, 0.3) is 6.08 Å². The second-order valence-electron chi connectivity index (χ2n) is 6.13. The first-order valence-electron chi connectivity index (χ1n) is 7.94. The van der Waals surface area contributed by atoms with Gasteiger partial charge in [0, 0.05) is 6.08 Å². The van der Waals surface area contributed by atoms with E-state index in [2.05, 4.69) is 31.5 Å². The van der Waals surface area contributed by atoms with Crippen molar-refractivity contribution in [3.8, 4) is 0 Å². The Hall–Kier alpha value is -2.39. The summed E-state index contributed by atoms with van der Waals surface area (Å²) in [5.74, 6) is -0.0688. The third-order valence-electron chi connectivity index (χ3n) is 3.64. The number of benzene rings is 2. The molecule has 2 N–H and O–H groups in total. The second kappa shape index (κ2) is 8.30. The first-order valence-corrected chi connectivity index (χ1v) is 7.94. The van der Waals surface area contributed by atoms with Crippen LogP contribution in [0.1, 0.15) is 22.7 Å². The highest BCUT2D eigenvalue weighted by molar-refractivity contribution is 5.92. The molecule has 0 unspecified atom stereocenters. The molecule has 0 saturated heterocycles. The number of hydrogen-bond acceptors (Lipinski definition) is 1. The summed E-state index contributed by atoms with van der Waals surface area (Å²) >= 11 is 0. The zero-order chi connectivity index (χ0) is 16.7. The van der Waals surface area contributed by atoms with Gasteiger partial charge in [0.2, 0.25) is 5.91 Å². The second-order valence-corrected chi connectivity index (χ2v) is 6.13. The summed E-state index contributed by atoms with van der Waals surface area (Å²) in [5, 5.41) is 3.10. The lowest BCUT2D eigenvalue weighted by molar-refractivity contribution is -0.860. The average Bonchev–Trinajstić information content (AvgIpc) is 2.54. The van der Waals surface area contributed by atoms with E-state index in [1.807, 2.05) is 55.5 Å². The van der Waals surface area contributed by atoms with Crippen molar-refractivity contribution in [2.24, 2.45) is 0 Å². The molecule has 0 aromatic heterocycles. The smallest absolute Gasteiger partial charge is 0.244 e. The van der Waals surface area contributed by atoms with Crippen LogP contribution in [0.15, 0.2) is 60.7 Å². The number of amides is 1. The van der Waals surface area contributed by atoms with Crippen molar-refractivity contribution in [3.63, 3.8) is 0 Å². The standard InChI is InChI=1S/C20H24N2O/c1-16-9-11-17(12-10-16)13-14-20(23)21-19(15-22(2)3)18-7-5-4-6-8-18/h4-14,19H,15H2,1-3H3,(H,21,23)/p+1/b14-13+/t19-/m0/s1. The Bertz CT molecular complexity index is 645. The molecule has 0 bridgehead atoms. The predicted octanol–water partition coefficient (Wildman–Crippen LogP) is 2.01. The van der Waals surface area contributed by atoms with Crippen LogP contribution in [0, 0.1) is 6.92 Å². The average molecular weight is 309 g/mol. The molecule has 0 fully saturated rings. The monoisotopic (exact) mass is 309 g/mol. The normalized spacial score (nSPS) is 12.5. The van der Waals surface area contributed by atoms with E-state index in [-0.39, 0.29) is 11.9 Å². The van der Waals surface area contributed by atoms with Gasteiger partial charge in [-0.05, 0) is 24.1 Å². The molecule has 0 aliphatic rings. The highest BCUT2D eigenvalue weighted by atomic mass is 16.1. The van der Waals surface area contributed by atoms with Crippen molar-refractivity contribution < 1.29 is 9.69 Å². The molecule has 3 nitrogen and oxygen atoms in total. The summed E-state index contributed by atoms with van der Waals surface area (Å²) in [4.78, 5) is 13.5. The third kappa shape index (κ3) is 5.72. The Morgan fingerprint density at radius 1 is 1.09 bits per heavy atom. The number of carbonyl (C=O) groups is 1. The van der Waals surface area contributed by atoms with Crippen molar-refractivity contribution >= 4 is 12.0 Å². The predicted molar refractivity (Wildman–Crippen MR) is 95.2 cm³/mol. The van der Waals surface area contributed by atoms with Crippen LogP contribution in [-0.4, -0.2) is 26.5 Å². The topological polar surface area (TPSA) is 33.5 Å². The molecule has 0 radical (unpaired) electrons. The Kier molecular flexibility index (Phi) is 6.12. The van der Waals surface area contributed by atoms with Crippen molar-refractivity contribution in [3.05, 3.63) is 77.4 Å². The van der Waals surface area contributed by atoms with Crippen LogP contribution in [0.2, 0.25) is 0 Å². The zero-order valence-corrected chi connectivity index (χ0v) is 14.0. The van der Waals surface area contributed by atoms with E-state index in [1.165, 1.54) is 10.5 Å². The van der Waals surface area contributed by atoms with E-state index in [0.717, 1.165) is 17.7 Å². The van der Waals surface area contributed by atoms with E-state index in [0.29, 0.717) is 0 Å². The van der Waals surface area contributed by atoms with E-state index < -0.39 is 0 Å². The van der Waals surface area contributed by atoms with Gasteiger partial charge in [0.05, 0.1) is 14.1 Å². The van der Waals surface area contributed by atoms with Gasteiger partial charge in [0.1, 0.15) is 12.6 Å². The summed E-state index contributed by atoms with van der Waals surface area (Å²) in [7, 11) is 4.18. The van der Waals surface area contributed by atoms with Crippen LogP contribution in [0.5, 0.6) is 0 Å². The van der Waals surface area contributed by atoms with Gasteiger partial charge in [-0.3, -0.25) is 4.79 Å². The molecule has 0 aliphatic carbocycles. The van der Waals surface area contributed by atoms with Crippen molar-refractivity contribution in [2.75, 3.05) is 20.6 Å². The number of likely N-dealkylation sites (N-methyl/N-ethyl adjacent to an activating group) is 1. The first kappa shape index (κ1) is 17.0. The molecule has 0 spiro atoms. The SMILES string of the molecule is Cc1ccc(/C=C/C(=O)N[C@@H](C[NH+](C)C)c2ccccc2)cc1. The lowest BCUT2D eigenvalue weighted by atomic mass is 10.1. The molecule has 3 heteroatoms. The fourth-order valence-corrected chi connectivity index (χ4v) is 2.42. The van der Waals surface area contributed by atoms with Crippen LogP contribution in [0.3, 0.4) is 0 Å². The maximum Gasteiger partial charge on any atom is 0.244 e. The highest BCUT2D eigenvalue weighted by Crippen LogP contribution is 2.11. The number of quaternary nitrogens is 1. The van der Waals surface area contributed by atoms with Crippen LogP contribution in [0.4, 0.5) is 0 Å². The highest BCUT2D eigenvalue weighted by Gasteiger charge is 2.16. The molecule has 1 atom stereocenters. The van der Waals surface area contributed by atoms with Gasteiger partial charge in [-0.1, -0.05) is 60.2 Å². The first-order chi connectivity index (χ1) is 11.0. The minimum Gasteiger partial charge on any atom is -0.340 e. The van der Waals surface area contributed by atoms with Gasteiger partial charge in [-0.2, -0.15) is 0 Å². The summed E-state index contributed by atoms with van der Waals surface area (Å²) in [6, 6.07) is 18.2. The minimum atomic E-state index is -0.0688. The van der Waals surface area contributed by atoms with Gasteiger partial charge < -0.3 is 10.2 Å². The van der Waals surface area contributed by atoms with Crippen molar-refractivity contribution in [1.82, 2.24) is 5.32 Å². The van der Waals surface area contributed by atoms with Gasteiger partial charge in [-0.25, -0.2) is 0 Å². The minimum absolute atomic E-state index is 0.0105. The Morgan fingerprint density at radius 3 is 2.35 bits per heavy atom. The number of nitrogens with one attached hydrogen (secondary N) is 2. The maximum atomic E-state index is 12.2. The van der Waals surface area contributed by atoms with Gasteiger partial charge in [0.25, 0.3) is 0 Å². The molecule has 1 amide bonds. The summed E-state index contributed by atoms with van der Waals surface area (Å²) in [6.45, 7) is 2.89.